The maximum Gasteiger partial charge on any atom is 0.261 e. The van der Waals surface area contributed by atoms with Crippen LogP contribution in [-0.4, -0.2) is 58.8 Å². The first-order chi connectivity index (χ1) is 15.6. The number of ether oxygens (including phenoxy) is 1. The molecule has 2 aliphatic carbocycles. The lowest BCUT2D eigenvalue weighted by Gasteiger charge is -2.34. The normalized spacial score (nSPS) is 25.2. The first-order valence-electron chi connectivity index (χ1n) is 12.3. The number of rotatable bonds is 4. The van der Waals surface area contributed by atoms with Crippen LogP contribution < -0.4 is 5.32 Å². The monoisotopic (exact) mass is 458 g/mol. The molecule has 1 saturated heterocycles. The van der Waals surface area contributed by atoms with E-state index >= 15 is 0 Å². The van der Waals surface area contributed by atoms with Crippen molar-refractivity contribution in [1.29, 1.82) is 0 Å². The van der Waals surface area contributed by atoms with Crippen molar-refractivity contribution < 1.29 is 14.3 Å². The fraction of sp³-hybridized carbons (Fsp3) is 0.708. The molecule has 0 radical (unpaired) electrons. The molecular formula is C24H34N4O3S. The third-order valence-electron chi connectivity index (χ3n) is 7.45. The van der Waals surface area contributed by atoms with Crippen LogP contribution in [0.1, 0.15) is 79.2 Å². The molecular weight excluding hydrogens is 424 g/mol. The summed E-state index contributed by atoms with van der Waals surface area (Å²) in [7, 11) is 0. The molecule has 1 N–H and O–H groups in total. The number of aryl methyl sites for hydroxylation is 1. The number of hydrogen-bond donors (Lipinski definition) is 1. The maximum absolute atomic E-state index is 13.0. The highest BCUT2D eigenvalue weighted by Crippen LogP contribution is 2.35. The number of nitrogens with one attached hydrogen (secondary N) is 1. The van der Waals surface area contributed by atoms with Gasteiger partial charge in [0.15, 0.2) is 0 Å². The number of carbonyl (C=O) groups excluding carboxylic acids is 2. The van der Waals surface area contributed by atoms with E-state index in [0.717, 1.165) is 46.5 Å². The predicted octanol–water partition coefficient (Wildman–Crippen LogP) is 4.06. The summed E-state index contributed by atoms with van der Waals surface area (Å²) in [5, 5.41) is 9.16. The molecule has 32 heavy (non-hydrogen) atoms. The minimum atomic E-state index is 0.0174. The van der Waals surface area contributed by atoms with Gasteiger partial charge in [-0.3, -0.25) is 14.3 Å². The highest BCUT2D eigenvalue weighted by molar-refractivity contribution is 7.20. The molecule has 3 fully saturated rings. The number of nitrogens with zero attached hydrogens (tertiary/aromatic N) is 3. The first-order valence-corrected chi connectivity index (χ1v) is 13.1. The quantitative estimate of drug-likeness (QED) is 0.750. The Bertz CT molecular complexity index is 963. The molecule has 8 heteroatoms. The van der Waals surface area contributed by atoms with Gasteiger partial charge in [-0.15, -0.1) is 11.3 Å². The van der Waals surface area contributed by atoms with Crippen molar-refractivity contribution in [2.75, 3.05) is 26.3 Å². The molecule has 2 aromatic heterocycles. The molecule has 0 spiro atoms. The number of fused-ring (bicyclic) bond motifs is 1. The molecule has 0 atom stereocenters. The number of aromatic nitrogens is 2. The summed E-state index contributed by atoms with van der Waals surface area (Å²) in [6.07, 6.45) is 9.65. The van der Waals surface area contributed by atoms with Crippen LogP contribution in [0.4, 0.5) is 0 Å². The van der Waals surface area contributed by atoms with Gasteiger partial charge >= 0.3 is 0 Å². The molecule has 3 heterocycles. The van der Waals surface area contributed by atoms with Crippen molar-refractivity contribution in [1.82, 2.24) is 20.0 Å². The van der Waals surface area contributed by atoms with Gasteiger partial charge in [0, 0.05) is 30.4 Å². The fourth-order valence-corrected chi connectivity index (χ4v) is 6.68. The third-order valence-corrected chi connectivity index (χ3v) is 8.57. The van der Waals surface area contributed by atoms with Crippen LogP contribution in [0.2, 0.25) is 0 Å². The number of thiophene rings is 1. The fourth-order valence-electron chi connectivity index (χ4n) is 5.54. The maximum atomic E-state index is 13.0. The van der Waals surface area contributed by atoms with Crippen LogP contribution in [-0.2, 0) is 9.53 Å². The molecule has 7 nitrogen and oxygen atoms in total. The Labute approximate surface area is 193 Å². The van der Waals surface area contributed by atoms with Crippen molar-refractivity contribution in [3.05, 3.63) is 16.6 Å². The summed E-state index contributed by atoms with van der Waals surface area (Å²) in [6.45, 7) is 4.75. The molecule has 174 valence electrons. The lowest BCUT2D eigenvalue weighted by atomic mass is 9.85. The second-order valence-electron chi connectivity index (χ2n) is 9.61. The Morgan fingerprint density at radius 3 is 2.50 bits per heavy atom. The van der Waals surface area contributed by atoms with Crippen LogP contribution >= 0.6 is 11.3 Å². The second kappa shape index (κ2) is 9.51. The third kappa shape index (κ3) is 4.44. The standard InChI is InChI=1S/C24H34N4O3S/c1-16-20-15-21(32-24(20)28(26-16)19-5-3-2-4-6-19)22(29)25-18-9-7-17(8-10-18)23(30)27-11-13-31-14-12-27/h15,17-19H,2-14H2,1H3,(H,25,29). The van der Waals surface area contributed by atoms with E-state index in [9.17, 15) is 9.59 Å². The largest absolute Gasteiger partial charge is 0.378 e. The molecule has 0 unspecified atom stereocenters. The van der Waals surface area contributed by atoms with Gasteiger partial charge in [0.1, 0.15) is 4.83 Å². The van der Waals surface area contributed by atoms with Gasteiger partial charge in [-0.2, -0.15) is 5.10 Å². The average Bonchev–Trinajstić information content (AvgIpc) is 3.41. The van der Waals surface area contributed by atoms with E-state index in [1.165, 1.54) is 32.1 Å². The Hall–Kier alpha value is -1.93. The van der Waals surface area contributed by atoms with Crippen molar-refractivity contribution in [3.8, 4) is 0 Å². The number of carbonyl (C=O) groups is 2. The molecule has 2 aromatic rings. The Morgan fingerprint density at radius 2 is 1.78 bits per heavy atom. The second-order valence-corrected chi connectivity index (χ2v) is 10.6. The van der Waals surface area contributed by atoms with E-state index in [-0.39, 0.29) is 23.8 Å². The van der Waals surface area contributed by atoms with Gasteiger partial charge in [-0.1, -0.05) is 19.3 Å². The Balaban J connectivity index is 1.20. The lowest BCUT2D eigenvalue weighted by molar-refractivity contribution is -0.140. The highest BCUT2D eigenvalue weighted by Gasteiger charge is 2.31. The summed E-state index contributed by atoms with van der Waals surface area (Å²) >= 11 is 1.58. The number of hydrogen-bond acceptors (Lipinski definition) is 5. The van der Waals surface area contributed by atoms with Gasteiger partial charge in [0.05, 0.1) is 29.8 Å². The van der Waals surface area contributed by atoms with Crippen LogP contribution in [0.25, 0.3) is 10.2 Å². The van der Waals surface area contributed by atoms with E-state index in [0.29, 0.717) is 32.3 Å². The van der Waals surface area contributed by atoms with Crippen molar-refractivity contribution in [2.24, 2.45) is 5.92 Å². The lowest BCUT2D eigenvalue weighted by Crippen LogP contribution is -2.46. The van der Waals surface area contributed by atoms with E-state index in [1.807, 2.05) is 17.9 Å². The average molecular weight is 459 g/mol. The Kier molecular flexibility index (Phi) is 6.51. The van der Waals surface area contributed by atoms with E-state index in [2.05, 4.69) is 10.00 Å². The SMILES string of the molecule is Cc1nn(C2CCCCC2)c2sc(C(=O)NC3CCC(C(=O)N4CCOCC4)CC3)cc12. The minimum absolute atomic E-state index is 0.0174. The van der Waals surface area contributed by atoms with Crippen LogP contribution in [0.3, 0.4) is 0 Å². The van der Waals surface area contributed by atoms with Gasteiger partial charge in [-0.05, 0) is 51.5 Å². The molecule has 0 aromatic carbocycles. The minimum Gasteiger partial charge on any atom is -0.378 e. The van der Waals surface area contributed by atoms with Crippen molar-refractivity contribution >= 4 is 33.4 Å². The Morgan fingerprint density at radius 1 is 1.06 bits per heavy atom. The van der Waals surface area contributed by atoms with Gasteiger partial charge < -0.3 is 15.0 Å². The van der Waals surface area contributed by atoms with Crippen LogP contribution in [0.5, 0.6) is 0 Å². The molecule has 2 saturated carbocycles. The van der Waals surface area contributed by atoms with E-state index in [4.69, 9.17) is 9.84 Å². The molecule has 5 rings (SSSR count). The zero-order valence-electron chi connectivity index (χ0n) is 19.0. The number of morpholine rings is 1. The van der Waals surface area contributed by atoms with Gasteiger partial charge in [-0.25, -0.2) is 0 Å². The molecule has 1 aliphatic heterocycles. The molecule has 0 bridgehead atoms. The highest BCUT2D eigenvalue weighted by atomic mass is 32.1. The number of amides is 2. The van der Waals surface area contributed by atoms with E-state index in [1.54, 1.807) is 11.3 Å². The van der Waals surface area contributed by atoms with Crippen molar-refractivity contribution in [3.63, 3.8) is 0 Å². The van der Waals surface area contributed by atoms with Crippen LogP contribution in [0, 0.1) is 12.8 Å². The summed E-state index contributed by atoms with van der Waals surface area (Å²) < 4.78 is 7.55. The first kappa shape index (κ1) is 21.9. The molecule has 3 aliphatic rings. The zero-order valence-corrected chi connectivity index (χ0v) is 19.8. The summed E-state index contributed by atoms with van der Waals surface area (Å²) in [4.78, 5) is 29.6. The summed E-state index contributed by atoms with van der Waals surface area (Å²) in [5.74, 6) is 0.378. The summed E-state index contributed by atoms with van der Waals surface area (Å²) in [5.41, 5.74) is 1.02. The topological polar surface area (TPSA) is 76.5 Å². The smallest absolute Gasteiger partial charge is 0.261 e. The zero-order chi connectivity index (χ0) is 22.1. The predicted molar refractivity (Wildman–Crippen MR) is 125 cm³/mol. The van der Waals surface area contributed by atoms with Crippen LogP contribution in [0.15, 0.2) is 6.07 Å². The van der Waals surface area contributed by atoms with Gasteiger partial charge in [0.2, 0.25) is 5.91 Å². The summed E-state index contributed by atoms with van der Waals surface area (Å²) in [6, 6.07) is 2.64. The molecule has 2 amide bonds. The van der Waals surface area contributed by atoms with E-state index < -0.39 is 0 Å². The van der Waals surface area contributed by atoms with Crippen molar-refractivity contribution in [2.45, 2.75) is 76.8 Å². The van der Waals surface area contributed by atoms with Gasteiger partial charge in [0.25, 0.3) is 5.91 Å².